The zero-order valence-corrected chi connectivity index (χ0v) is 14.3. The van der Waals surface area contributed by atoms with Crippen molar-refractivity contribution in [2.24, 2.45) is 0 Å². The Labute approximate surface area is 151 Å². The maximum atomic E-state index is 12.5. The van der Waals surface area contributed by atoms with Gasteiger partial charge in [-0.25, -0.2) is 0 Å². The third-order valence-electron chi connectivity index (χ3n) is 4.18. The molecular weight excluding hydrogens is 328 g/mol. The molecule has 3 aromatic rings. The van der Waals surface area contributed by atoms with Gasteiger partial charge in [0, 0.05) is 17.6 Å². The third kappa shape index (κ3) is 3.37. The number of fused-ring (bicyclic) bond motifs is 1. The minimum Gasteiger partial charge on any atom is -0.485 e. The largest absolute Gasteiger partial charge is 0.485 e. The van der Waals surface area contributed by atoms with Crippen molar-refractivity contribution < 1.29 is 14.3 Å². The van der Waals surface area contributed by atoms with E-state index in [1.165, 1.54) is 0 Å². The van der Waals surface area contributed by atoms with Gasteiger partial charge in [0.05, 0.1) is 0 Å². The lowest BCUT2D eigenvalue weighted by atomic mass is 10.1. The van der Waals surface area contributed by atoms with E-state index in [-0.39, 0.29) is 12.5 Å². The lowest BCUT2D eigenvalue weighted by Crippen LogP contribution is -2.40. The van der Waals surface area contributed by atoms with Crippen LogP contribution in [0.15, 0.2) is 66.9 Å². The van der Waals surface area contributed by atoms with Crippen LogP contribution in [0.4, 0.5) is 5.69 Å². The van der Waals surface area contributed by atoms with E-state index in [1.54, 1.807) is 12.3 Å². The molecule has 0 saturated heterocycles. The Morgan fingerprint density at radius 2 is 1.81 bits per heavy atom. The molecule has 0 aliphatic carbocycles. The van der Waals surface area contributed by atoms with Crippen LogP contribution in [0.25, 0.3) is 11.1 Å². The van der Waals surface area contributed by atoms with Crippen molar-refractivity contribution in [3.05, 3.63) is 72.6 Å². The fourth-order valence-electron chi connectivity index (χ4n) is 2.84. The molecular formula is C21H18N2O3. The Bertz CT molecular complexity index is 938. The highest BCUT2D eigenvalue weighted by Gasteiger charge is 2.27. The Kier molecular flexibility index (Phi) is 4.27. The quantitative estimate of drug-likeness (QED) is 0.783. The summed E-state index contributed by atoms with van der Waals surface area (Å²) in [6.07, 6.45) is 1.12. The van der Waals surface area contributed by atoms with Crippen LogP contribution in [0, 0.1) is 6.92 Å². The van der Waals surface area contributed by atoms with Crippen LogP contribution in [0.2, 0.25) is 0 Å². The summed E-state index contributed by atoms with van der Waals surface area (Å²) in [5, 5.41) is 2.88. The van der Waals surface area contributed by atoms with Gasteiger partial charge in [-0.1, -0.05) is 24.3 Å². The van der Waals surface area contributed by atoms with Gasteiger partial charge in [0.1, 0.15) is 6.61 Å². The van der Waals surface area contributed by atoms with Crippen LogP contribution in [0.5, 0.6) is 11.5 Å². The van der Waals surface area contributed by atoms with Crippen LogP contribution in [-0.2, 0) is 4.79 Å². The first kappa shape index (κ1) is 16.1. The summed E-state index contributed by atoms with van der Waals surface area (Å²) in [6, 6.07) is 19.0. The lowest BCUT2D eigenvalue weighted by Gasteiger charge is -2.25. The van der Waals surface area contributed by atoms with Crippen molar-refractivity contribution in [1.29, 1.82) is 0 Å². The Balaban J connectivity index is 1.44. The SMILES string of the molecule is Cc1cc(-c2ccc(NC(=O)[C@@H]3COc4ccccc4O3)cc2)ccn1. The van der Waals surface area contributed by atoms with E-state index in [4.69, 9.17) is 9.47 Å². The van der Waals surface area contributed by atoms with Gasteiger partial charge in [0.25, 0.3) is 5.91 Å². The van der Waals surface area contributed by atoms with Crippen molar-refractivity contribution in [3.8, 4) is 22.6 Å². The van der Waals surface area contributed by atoms with Crippen molar-refractivity contribution >= 4 is 11.6 Å². The molecule has 0 radical (unpaired) electrons. The molecule has 1 aliphatic rings. The molecule has 0 fully saturated rings. The molecule has 0 spiro atoms. The van der Waals surface area contributed by atoms with Crippen LogP contribution in [-0.4, -0.2) is 23.6 Å². The number of amides is 1. The summed E-state index contributed by atoms with van der Waals surface area (Å²) in [5.74, 6) is 1.02. The first-order chi connectivity index (χ1) is 12.7. The standard InChI is InChI=1S/C21H18N2O3/c1-14-12-16(10-11-22-14)15-6-8-17(9-7-15)23-21(24)20-13-25-18-4-2-3-5-19(18)26-20/h2-12,20H,13H2,1H3,(H,23,24)/t20-/m0/s1. The number of nitrogens with zero attached hydrogens (tertiary/aromatic N) is 1. The molecule has 2 aromatic carbocycles. The van der Waals surface area contributed by atoms with E-state index in [1.807, 2.05) is 61.5 Å². The predicted octanol–water partition coefficient (Wildman–Crippen LogP) is 3.84. The summed E-state index contributed by atoms with van der Waals surface area (Å²) < 4.78 is 11.3. The number of benzene rings is 2. The zero-order valence-electron chi connectivity index (χ0n) is 14.3. The molecule has 1 aromatic heterocycles. The molecule has 26 heavy (non-hydrogen) atoms. The van der Waals surface area contributed by atoms with Gasteiger partial charge < -0.3 is 14.8 Å². The number of anilines is 1. The van der Waals surface area contributed by atoms with Gasteiger partial charge in [-0.3, -0.25) is 9.78 Å². The molecule has 4 rings (SSSR count). The molecule has 5 nitrogen and oxygen atoms in total. The fourth-order valence-corrected chi connectivity index (χ4v) is 2.84. The van der Waals surface area contributed by atoms with Gasteiger partial charge in [-0.15, -0.1) is 0 Å². The Hall–Kier alpha value is -3.34. The van der Waals surface area contributed by atoms with E-state index < -0.39 is 6.10 Å². The molecule has 2 heterocycles. The van der Waals surface area contributed by atoms with Gasteiger partial charge in [0.15, 0.2) is 11.5 Å². The predicted molar refractivity (Wildman–Crippen MR) is 99.4 cm³/mol. The first-order valence-corrected chi connectivity index (χ1v) is 8.41. The Morgan fingerprint density at radius 3 is 2.58 bits per heavy atom. The highest BCUT2D eigenvalue weighted by atomic mass is 16.6. The summed E-state index contributed by atoms with van der Waals surface area (Å²) in [4.78, 5) is 16.7. The highest BCUT2D eigenvalue weighted by molar-refractivity contribution is 5.95. The van der Waals surface area contributed by atoms with Crippen LogP contribution in [0.3, 0.4) is 0 Å². The van der Waals surface area contributed by atoms with Crippen molar-refractivity contribution in [2.45, 2.75) is 13.0 Å². The van der Waals surface area contributed by atoms with Crippen LogP contribution in [0.1, 0.15) is 5.69 Å². The summed E-state index contributed by atoms with van der Waals surface area (Å²) in [7, 11) is 0. The number of carbonyl (C=O) groups is 1. The molecule has 5 heteroatoms. The minimum absolute atomic E-state index is 0.192. The monoisotopic (exact) mass is 346 g/mol. The average Bonchev–Trinajstić information content (AvgIpc) is 2.68. The second-order valence-corrected chi connectivity index (χ2v) is 6.12. The number of pyridine rings is 1. The second-order valence-electron chi connectivity index (χ2n) is 6.12. The molecule has 1 N–H and O–H groups in total. The highest BCUT2D eigenvalue weighted by Crippen LogP contribution is 2.31. The molecule has 1 atom stereocenters. The topological polar surface area (TPSA) is 60.5 Å². The van der Waals surface area contributed by atoms with Crippen molar-refractivity contribution in [1.82, 2.24) is 4.98 Å². The van der Waals surface area contributed by atoms with Gasteiger partial charge >= 0.3 is 0 Å². The van der Waals surface area contributed by atoms with Gasteiger partial charge in [0.2, 0.25) is 6.10 Å². The normalized spacial score (nSPS) is 15.3. The summed E-state index contributed by atoms with van der Waals surface area (Å²) >= 11 is 0. The number of carbonyl (C=O) groups excluding carboxylic acids is 1. The summed E-state index contributed by atoms with van der Waals surface area (Å²) in [5.41, 5.74) is 3.84. The van der Waals surface area contributed by atoms with E-state index in [9.17, 15) is 4.79 Å². The number of hydrogen-bond donors (Lipinski definition) is 1. The molecule has 1 amide bonds. The van der Waals surface area contributed by atoms with Crippen LogP contribution < -0.4 is 14.8 Å². The smallest absolute Gasteiger partial charge is 0.269 e. The lowest BCUT2D eigenvalue weighted by molar-refractivity contribution is -0.125. The molecule has 130 valence electrons. The Morgan fingerprint density at radius 1 is 1.04 bits per heavy atom. The number of nitrogens with one attached hydrogen (secondary N) is 1. The van der Waals surface area contributed by atoms with E-state index in [0.29, 0.717) is 17.2 Å². The molecule has 0 saturated carbocycles. The molecule has 0 unspecified atom stereocenters. The second kappa shape index (κ2) is 6.88. The molecule has 1 aliphatic heterocycles. The number of hydrogen-bond acceptors (Lipinski definition) is 4. The van der Waals surface area contributed by atoms with E-state index in [2.05, 4.69) is 10.3 Å². The number of aromatic nitrogens is 1. The van der Waals surface area contributed by atoms with Gasteiger partial charge in [-0.05, 0) is 54.4 Å². The van der Waals surface area contributed by atoms with Crippen LogP contribution >= 0.6 is 0 Å². The average molecular weight is 346 g/mol. The summed E-state index contributed by atoms with van der Waals surface area (Å²) in [6.45, 7) is 2.15. The van der Waals surface area contributed by atoms with Crippen molar-refractivity contribution in [3.63, 3.8) is 0 Å². The maximum absolute atomic E-state index is 12.5. The van der Waals surface area contributed by atoms with Crippen molar-refractivity contribution in [2.75, 3.05) is 11.9 Å². The number of para-hydroxylation sites is 2. The maximum Gasteiger partial charge on any atom is 0.269 e. The number of ether oxygens (including phenoxy) is 2. The van der Waals surface area contributed by atoms with E-state index >= 15 is 0 Å². The van der Waals surface area contributed by atoms with E-state index in [0.717, 1.165) is 16.8 Å². The third-order valence-corrected chi connectivity index (χ3v) is 4.18. The first-order valence-electron chi connectivity index (χ1n) is 8.41. The fraction of sp³-hybridized carbons (Fsp3) is 0.143. The minimum atomic E-state index is -0.674. The molecule has 0 bridgehead atoms. The zero-order chi connectivity index (χ0) is 17.9. The number of rotatable bonds is 3. The van der Waals surface area contributed by atoms with Gasteiger partial charge in [-0.2, -0.15) is 0 Å². The number of aryl methyl sites for hydroxylation is 1.